The third kappa shape index (κ3) is 2.24. The molecule has 1 unspecified atom stereocenters. The molecule has 26 heavy (non-hydrogen) atoms. The number of allylic oxidation sites excluding steroid dienone is 3. The van der Waals surface area contributed by atoms with Crippen LogP contribution in [-0.4, -0.2) is 10.1 Å². The van der Waals surface area contributed by atoms with Crippen LogP contribution in [0, 0.1) is 28.6 Å². The average Bonchev–Trinajstić information content (AvgIpc) is 3.05. The third-order valence-corrected chi connectivity index (χ3v) is 8.69. The highest BCUT2D eigenvalue weighted by Crippen LogP contribution is 2.64. The monoisotopic (exact) mass is 349 g/mol. The van der Waals surface area contributed by atoms with E-state index in [9.17, 15) is 5.11 Å². The Hall–Kier alpha value is -1.41. The summed E-state index contributed by atoms with van der Waals surface area (Å²) in [6.07, 6.45) is 19.0. The van der Waals surface area contributed by atoms with Crippen LogP contribution in [0.1, 0.15) is 64.4 Å². The second-order valence-corrected chi connectivity index (χ2v) is 9.89. The van der Waals surface area contributed by atoms with Crippen molar-refractivity contribution in [3.63, 3.8) is 0 Å². The SMILES string of the molecule is C[C@@]12C=CC[C@H]1[C@@H]1CC=C3CC(O)(c4cccnc4)CC[C@]3(C)[C@H]1CC2. The van der Waals surface area contributed by atoms with E-state index in [-0.39, 0.29) is 5.41 Å². The van der Waals surface area contributed by atoms with Gasteiger partial charge in [-0.25, -0.2) is 0 Å². The first-order chi connectivity index (χ1) is 12.4. The summed E-state index contributed by atoms with van der Waals surface area (Å²) in [6.45, 7) is 4.99. The number of hydrogen-bond acceptors (Lipinski definition) is 2. The van der Waals surface area contributed by atoms with Crippen LogP contribution in [0.25, 0.3) is 0 Å². The summed E-state index contributed by atoms with van der Waals surface area (Å²) in [7, 11) is 0. The van der Waals surface area contributed by atoms with Gasteiger partial charge in [0.15, 0.2) is 0 Å². The molecule has 0 radical (unpaired) electrons. The topological polar surface area (TPSA) is 33.1 Å². The van der Waals surface area contributed by atoms with Crippen LogP contribution in [0.5, 0.6) is 0 Å². The highest BCUT2D eigenvalue weighted by atomic mass is 16.3. The molecule has 2 heteroatoms. The number of pyridine rings is 1. The lowest BCUT2D eigenvalue weighted by atomic mass is 9.47. The number of rotatable bonds is 1. The van der Waals surface area contributed by atoms with Gasteiger partial charge < -0.3 is 5.11 Å². The first-order valence-electron chi connectivity index (χ1n) is 10.4. The van der Waals surface area contributed by atoms with E-state index in [1.165, 1.54) is 31.3 Å². The van der Waals surface area contributed by atoms with Gasteiger partial charge in [-0.3, -0.25) is 4.98 Å². The zero-order valence-electron chi connectivity index (χ0n) is 16.1. The molecule has 2 saturated carbocycles. The molecule has 0 aromatic carbocycles. The smallest absolute Gasteiger partial charge is 0.0948 e. The van der Waals surface area contributed by atoms with Crippen molar-refractivity contribution in [1.29, 1.82) is 0 Å². The summed E-state index contributed by atoms with van der Waals surface area (Å²) in [4.78, 5) is 4.25. The Labute approximate surface area is 157 Å². The van der Waals surface area contributed by atoms with E-state index in [4.69, 9.17) is 0 Å². The number of aromatic nitrogens is 1. The third-order valence-electron chi connectivity index (χ3n) is 8.69. The number of nitrogens with zero attached hydrogens (tertiary/aromatic N) is 1. The Morgan fingerprint density at radius 2 is 2.00 bits per heavy atom. The van der Waals surface area contributed by atoms with E-state index in [1.54, 1.807) is 6.20 Å². The van der Waals surface area contributed by atoms with Gasteiger partial charge in [0.25, 0.3) is 0 Å². The molecule has 1 heterocycles. The molecule has 0 spiro atoms. The Kier molecular flexibility index (Phi) is 3.57. The summed E-state index contributed by atoms with van der Waals surface area (Å²) in [5.74, 6) is 2.44. The normalized spacial score (nSPS) is 46.9. The maximum Gasteiger partial charge on any atom is 0.0948 e. The van der Waals surface area contributed by atoms with Crippen molar-refractivity contribution >= 4 is 0 Å². The van der Waals surface area contributed by atoms with Gasteiger partial charge in [0.05, 0.1) is 5.60 Å². The molecule has 1 aromatic heterocycles. The zero-order valence-corrected chi connectivity index (χ0v) is 16.1. The van der Waals surface area contributed by atoms with Crippen LogP contribution in [-0.2, 0) is 5.60 Å². The van der Waals surface area contributed by atoms with E-state index in [0.717, 1.165) is 42.6 Å². The maximum atomic E-state index is 11.4. The standard InChI is InChI=1S/C24H31NO/c1-22-10-3-6-20(22)19-8-7-17-15-24(26,18-5-4-14-25-16-18)13-12-23(17,2)21(19)9-11-22/h3-5,7,10,14,16,19-21,26H,6,8-9,11-13,15H2,1-2H3/t19-,20-,21-,22-,23-,24?/m0/s1. The molecule has 0 aliphatic heterocycles. The van der Waals surface area contributed by atoms with Crippen LogP contribution in [0.4, 0.5) is 0 Å². The van der Waals surface area contributed by atoms with Crippen LogP contribution >= 0.6 is 0 Å². The van der Waals surface area contributed by atoms with Crippen molar-refractivity contribution in [3.05, 3.63) is 53.9 Å². The molecule has 138 valence electrons. The largest absolute Gasteiger partial charge is 0.385 e. The Morgan fingerprint density at radius 1 is 1.12 bits per heavy atom. The van der Waals surface area contributed by atoms with Gasteiger partial charge in [-0.15, -0.1) is 0 Å². The highest BCUT2D eigenvalue weighted by molar-refractivity contribution is 5.32. The van der Waals surface area contributed by atoms with E-state index in [1.807, 2.05) is 18.3 Å². The molecule has 1 aromatic rings. The van der Waals surface area contributed by atoms with Gasteiger partial charge in [0, 0.05) is 24.4 Å². The number of hydrogen-bond donors (Lipinski definition) is 1. The van der Waals surface area contributed by atoms with Gasteiger partial charge in [0.1, 0.15) is 0 Å². The molecule has 4 aliphatic carbocycles. The van der Waals surface area contributed by atoms with Crippen molar-refractivity contribution in [2.45, 2.75) is 64.4 Å². The second kappa shape index (κ2) is 5.55. The average molecular weight is 350 g/mol. The lowest BCUT2D eigenvalue weighted by Crippen LogP contribution is -2.50. The van der Waals surface area contributed by atoms with Gasteiger partial charge in [0.2, 0.25) is 0 Å². The fourth-order valence-corrected chi connectivity index (χ4v) is 7.01. The Bertz CT molecular complexity index is 768. The lowest BCUT2D eigenvalue weighted by Gasteiger charge is -2.58. The van der Waals surface area contributed by atoms with Crippen LogP contribution < -0.4 is 0 Å². The molecule has 0 bridgehead atoms. The minimum absolute atomic E-state index is 0.279. The van der Waals surface area contributed by atoms with Crippen molar-refractivity contribution in [3.8, 4) is 0 Å². The summed E-state index contributed by atoms with van der Waals surface area (Å²) in [5.41, 5.74) is 2.49. The molecule has 4 aliphatic rings. The molecule has 2 fully saturated rings. The van der Waals surface area contributed by atoms with Crippen LogP contribution in [0.2, 0.25) is 0 Å². The van der Waals surface area contributed by atoms with E-state index in [0.29, 0.717) is 5.41 Å². The molecule has 2 nitrogen and oxygen atoms in total. The fraction of sp³-hybridized carbons (Fsp3) is 0.625. The highest BCUT2D eigenvalue weighted by Gasteiger charge is 2.56. The van der Waals surface area contributed by atoms with Crippen molar-refractivity contribution in [2.24, 2.45) is 28.6 Å². The van der Waals surface area contributed by atoms with Crippen LogP contribution in [0.3, 0.4) is 0 Å². The molecular weight excluding hydrogens is 318 g/mol. The number of aliphatic hydroxyl groups is 1. The van der Waals surface area contributed by atoms with E-state index in [2.05, 4.69) is 37.1 Å². The van der Waals surface area contributed by atoms with Gasteiger partial charge in [-0.2, -0.15) is 0 Å². The first kappa shape index (κ1) is 16.7. The predicted octanol–water partition coefficient (Wildman–Crippen LogP) is 5.40. The lowest BCUT2D eigenvalue weighted by molar-refractivity contribution is -0.0600. The summed E-state index contributed by atoms with van der Waals surface area (Å²) < 4.78 is 0. The van der Waals surface area contributed by atoms with Gasteiger partial charge in [-0.1, -0.05) is 43.7 Å². The summed E-state index contributed by atoms with van der Waals surface area (Å²) in [5, 5.41) is 11.4. The minimum atomic E-state index is -0.732. The second-order valence-electron chi connectivity index (χ2n) is 9.89. The molecule has 1 N–H and O–H groups in total. The Morgan fingerprint density at radius 3 is 2.81 bits per heavy atom. The molecule has 5 rings (SSSR count). The van der Waals surface area contributed by atoms with Crippen molar-refractivity contribution < 1.29 is 5.11 Å². The first-order valence-corrected chi connectivity index (χ1v) is 10.4. The molecule has 0 amide bonds. The zero-order chi connectivity index (χ0) is 18.0. The fourth-order valence-electron chi connectivity index (χ4n) is 7.01. The number of fused-ring (bicyclic) bond motifs is 5. The molecule has 6 atom stereocenters. The quantitative estimate of drug-likeness (QED) is 0.689. The van der Waals surface area contributed by atoms with E-state index >= 15 is 0 Å². The Balaban J connectivity index is 1.47. The van der Waals surface area contributed by atoms with Crippen LogP contribution in [0.15, 0.2) is 48.3 Å². The van der Waals surface area contributed by atoms with Gasteiger partial charge in [-0.05, 0) is 73.2 Å². The van der Waals surface area contributed by atoms with Crippen molar-refractivity contribution in [1.82, 2.24) is 4.98 Å². The molecule has 0 saturated heterocycles. The minimum Gasteiger partial charge on any atom is -0.385 e. The van der Waals surface area contributed by atoms with E-state index < -0.39 is 5.60 Å². The predicted molar refractivity (Wildman–Crippen MR) is 104 cm³/mol. The summed E-state index contributed by atoms with van der Waals surface area (Å²) >= 11 is 0. The van der Waals surface area contributed by atoms with Gasteiger partial charge >= 0.3 is 0 Å². The maximum absolute atomic E-state index is 11.4. The van der Waals surface area contributed by atoms with Crippen molar-refractivity contribution in [2.75, 3.05) is 0 Å². The summed E-state index contributed by atoms with van der Waals surface area (Å²) in [6, 6.07) is 3.99. The molecular formula is C24H31NO.